The molecule has 2 aliphatic rings. The van der Waals surface area contributed by atoms with Gasteiger partial charge in [0.05, 0.1) is 5.41 Å². The Morgan fingerprint density at radius 2 is 1.57 bits per heavy atom. The van der Waals surface area contributed by atoms with Crippen LogP contribution in [0.2, 0.25) is 0 Å². The normalized spacial score (nSPS) is 19.7. The van der Waals surface area contributed by atoms with Gasteiger partial charge in [-0.3, -0.25) is 4.79 Å². The predicted molar refractivity (Wildman–Crippen MR) is 204 cm³/mol. The summed E-state index contributed by atoms with van der Waals surface area (Å²) in [6.45, 7) is 12.5. The summed E-state index contributed by atoms with van der Waals surface area (Å²) in [7, 11) is -2.46. The number of hydrogen-bond acceptors (Lipinski definition) is 5. The summed E-state index contributed by atoms with van der Waals surface area (Å²) >= 11 is 4.59. The Bertz CT molecular complexity index is 1720. The Labute approximate surface area is 301 Å². The molecule has 0 radical (unpaired) electrons. The fraction of sp³-hybridized carbons (Fsp3) is 0.333. The minimum Gasteiger partial charge on any atom is -0.747 e. The molecule has 0 fully saturated rings. The van der Waals surface area contributed by atoms with Crippen LogP contribution >= 0.6 is 45.2 Å². The van der Waals surface area contributed by atoms with Gasteiger partial charge in [0.25, 0.3) is 0 Å². The predicted octanol–water partition coefficient (Wildman–Crippen LogP) is 8.57. The number of rotatable bonds is 12. The van der Waals surface area contributed by atoms with Crippen molar-refractivity contribution in [3.63, 3.8) is 0 Å². The Kier molecular flexibility index (Phi) is 13.2. The van der Waals surface area contributed by atoms with Gasteiger partial charge in [-0.25, -0.2) is 8.42 Å². The molecule has 4 rings (SSSR count). The van der Waals surface area contributed by atoms with Crippen molar-refractivity contribution in [2.24, 2.45) is 0 Å². The number of nitrogens with zero attached hydrogens (tertiary/aromatic N) is 2. The zero-order valence-corrected chi connectivity index (χ0v) is 31.9. The lowest BCUT2D eigenvalue weighted by molar-refractivity contribution is -0.401. The van der Waals surface area contributed by atoms with Gasteiger partial charge in [0, 0.05) is 48.1 Å². The number of allylic oxidation sites excluding steroid dienone is 8. The number of carbonyl (C=O) groups is 1. The highest BCUT2D eigenvalue weighted by molar-refractivity contribution is 14.1. The SMILES string of the molecule is C=C.C[N+]1=C(/C=C/C=C/C=C/C=C2\N(CS(=O)(=O)[O-])c3ccc(I)cc3C2(C)CCCCCC(=O)O)C(C)(C)c2cc(I)ccc21. The topological polar surface area (TPSA) is 101 Å². The van der Waals surface area contributed by atoms with Crippen LogP contribution in [0, 0.1) is 7.14 Å². The van der Waals surface area contributed by atoms with Gasteiger partial charge in [0.1, 0.15) is 23.0 Å². The number of benzene rings is 2. The van der Waals surface area contributed by atoms with Crippen LogP contribution in [0.1, 0.15) is 64.0 Å². The number of anilines is 1. The van der Waals surface area contributed by atoms with Crippen molar-refractivity contribution in [3.8, 4) is 0 Å². The Morgan fingerprint density at radius 1 is 0.957 bits per heavy atom. The lowest BCUT2D eigenvalue weighted by Gasteiger charge is -2.31. The molecule has 246 valence electrons. The molecule has 0 amide bonds. The van der Waals surface area contributed by atoms with Crippen LogP contribution in [0.5, 0.6) is 0 Å². The van der Waals surface area contributed by atoms with E-state index in [1.807, 2.05) is 54.7 Å². The van der Waals surface area contributed by atoms with E-state index in [1.54, 1.807) is 4.90 Å². The third-order valence-corrected chi connectivity index (χ3v) is 10.4. The molecule has 0 saturated heterocycles. The highest BCUT2D eigenvalue weighted by atomic mass is 127. The molecule has 0 bridgehead atoms. The number of fused-ring (bicyclic) bond motifs is 2. The molecule has 2 heterocycles. The fourth-order valence-corrected chi connectivity index (χ4v) is 7.89. The van der Waals surface area contributed by atoms with Crippen LogP contribution in [0.15, 0.2) is 97.8 Å². The van der Waals surface area contributed by atoms with Gasteiger partial charge in [0.15, 0.2) is 5.71 Å². The van der Waals surface area contributed by atoms with Crippen molar-refractivity contribution in [1.82, 2.24) is 0 Å². The van der Waals surface area contributed by atoms with Gasteiger partial charge < -0.3 is 14.6 Å². The standard InChI is InChI=1S/C34H38I2N2O5S.C2H4/c1-33(2)26-21-24(35)16-18-28(26)37(4)30(33)13-9-6-5-7-10-14-31-34(3,20-12-8-11-15-32(39)40)27-22-25(36)17-19-29(27)38(31)23-44(41,42)43;1-2/h5-7,9-10,13-14,16-19,21-22H,8,11-12,15,20,23H2,1-4H3,(H-,39,40,41,42,43);1-2H2. The van der Waals surface area contributed by atoms with E-state index in [0.29, 0.717) is 18.5 Å². The zero-order valence-electron chi connectivity index (χ0n) is 26.8. The molecule has 0 spiro atoms. The third kappa shape index (κ3) is 8.87. The molecule has 10 heteroatoms. The molecule has 0 aliphatic carbocycles. The molecule has 46 heavy (non-hydrogen) atoms. The molecule has 2 aliphatic heterocycles. The maximum Gasteiger partial charge on any atom is 0.303 e. The first-order chi connectivity index (χ1) is 21.6. The lowest BCUT2D eigenvalue weighted by atomic mass is 9.77. The highest BCUT2D eigenvalue weighted by Crippen LogP contribution is 2.51. The van der Waals surface area contributed by atoms with Crippen molar-refractivity contribution < 1.29 is 27.4 Å². The first-order valence-electron chi connectivity index (χ1n) is 15.0. The van der Waals surface area contributed by atoms with Crippen LogP contribution in [-0.4, -0.2) is 47.3 Å². The largest absolute Gasteiger partial charge is 0.747 e. The van der Waals surface area contributed by atoms with Gasteiger partial charge in [0.2, 0.25) is 5.69 Å². The smallest absolute Gasteiger partial charge is 0.303 e. The van der Waals surface area contributed by atoms with E-state index in [4.69, 9.17) is 5.11 Å². The summed E-state index contributed by atoms with van der Waals surface area (Å²) < 4.78 is 40.4. The second kappa shape index (κ2) is 16.0. The first-order valence-corrected chi connectivity index (χ1v) is 18.7. The number of hydrogen-bond donors (Lipinski definition) is 1. The van der Waals surface area contributed by atoms with E-state index in [-0.39, 0.29) is 11.8 Å². The van der Waals surface area contributed by atoms with E-state index in [2.05, 4.69) is 115 Å². The van der Waals surface area contributed by atoms with Crippen molar-refractivity contribution in [3.05, 3.63) is 116 Å². The van der Waals surface area contributed by atoms with Gasteiger partial charge in [-0.1, -0.05) is 43.2 Å². The second-order valence-electron chi connectivity index (χ2n) is 12.0. The molecule has 2 aromatic carbocycles. The van der Waals surface area contributed by atoms with Crippen LogP contribution in [-0.2, 0) is 25.7 Å². The summed E-state index contributed by atoms with van der Waals surface area (Å²) in [5, 5.41) is 9.01. The third-order valence-electron chi connectivity index (χ3n) is 8.50. The quantitative estimate of drug-likeness (QED) is 0.0574. The van der Waals surface area contributed by atoms with E-state index < -0.39 is 27.4 Å². The van der Waals surface area contributed by atoms with E-state index in [9.17, 15) is 17.8 Å². The van der Waals surface area contributed by atoms with Gasteiger partial charge in [-0.05, 0) is 121 Å². The van der Waals surface area contributed by atoms with Gasteiger partial charge >= 0.3 is 5.97 Å². The minimum absolute atomic E-state index is 0.116. The number of aliphatic carboxylic acids is 1. The minimum atomic E-state index is -4.56. The molecule has 1 atom stereocenters. The van der Waals surface area contributed by atoms with Crippen molar-refractivity contribution in [2.75, 3.05) is 17.8 Å². The monoisotopic (exact) mass is 868 g/mol. The van der Waals surface area contributed by atoms with E-state index in [1.165, 1.54) is 20.5 Å². The van der Waals surface area contributed by atoms with E-state index >= 15 is 0 Å². The van der Waals surface area contributed by atoms with Crippen molar-refractivity contribution in [2.45, 2.75) is 63.7 Å². The zero-order chi connectivity index (χ0) is 34.3. The number of unbranched alkanes of at least 4 members (excludes halogenated alkanes) is 2. The average molecular weight is 869 g/mol. The molecule has 0 aromatic heterocycles. The number of carboxylic acid groups (broad SMARTS) is 1. The van der Waals surface area contributed by atoms with Crippen molar-refractivity contribution in [1.29, 1.82) is 0 Å². The van der Waals surface area contributed by atoms with Crippen LogP contribution in [0.25, 0.3) is 0 Å². The maximum absolute atomic E-state index is 12.0. The molecule has 0 saturated carbocycles. The highest BCUT2D eigenvalue weighted by Gasteiger charge is 2.44. The molecule has 2 aromatic rings. The number of carboxylic acids is 1. The Balaban J connectivity index is 0.00000282. The first kappa shape index (κ1) is 37.9. The summed E-state index contributed by atoms with van der Waals surface area (Å²) in [5.41, 5.74) is 5.50. The maximum atomic E-state index is 12.0. The summed E-state index contributed by atoms with van der Waals surface area (Å²) in [6, 6.07) is 12.4. The molecule has 1 N–H and O–H groups in total. The molecular weight excluding hydrogens is 826 g/mol. The molecule has 7 nitrogen and oxygen atoms in total. The Morgan fingerprint density at radius 3 is 2.22 bits per heavy atom. The summed E-state index contributed by atoms with van der Waals surface area (Å²) in [4.78, 5) is 12.6. The van der Waals surface area contributed by atoms with Gasteiger partial charge in [-0.2, -0.15) is 4.58 Å². The molecular formula is C36H42I2N2O5S. The summed E-state index contributed by atoms with van der Waals surface area (Å²) in [5.74, 6) is -1.47. The van der Waals surface area contributed by atoms with Crippen LogP contribution < -0.4 is 4.90 Å². The number of halogens is 2. The Hall–Kier alpha value is -2.55. The van der Waals surface area contributed by atoms with Crippen molar-refractivity contribution >= 4 is 78.4 Å². The lowest BCUT2D eigenvalue weighted by Crippen LogP contribution is -2.32. The second-order valence-corrected chi connectivity index (χ2v) is 15.8. The van der Waals surface area contributed by atoms with Crippen LogP contribution in [0.4, 0.5) is 11.4 Å². The average Bonchev–Trinajstić information content (AvgIpc) is 3.30. The molecule has 1 unspecified atom stereocenters. The fourth-order valence-electron chi connectivity index (χ4n) is 6.31. The summed E-state index contributed by atoms with van der Waals surface area (Å²) in [6.07, 6.45) is 16.6. The van der Waals surface area contributed by atoms with E-state index in [0.717, 1.165) is 27.7 Å². The van der Waals surface area contributed by atoms with Gasteiger partial charge in [-0.15, -0.1) is 13.2 Å². The van der Waals surface area contributed by atoms with Crippen LogP contribution in [0.3, 0.4) is 0 Å².